The molecule has 0 unspecified atom stereocenters. The number of methoxy groups -OCH3 is 1. The van der Waals surface area contributed by atoms with Crippen molar-refractivity contribution in [3.05, 3.63) is 40.7 Å². The van der Waals surface area contributed by atoms with Gasteiger partial charge in [0.1, 0.15) is 11.6 Å². The highest BCUT2D eigenvalue weighted by molar-refractivity contribution is 5.56. The number of anilines is 1. The SMILES string of the molecule is COc1ccc(-c2nn3c(N)cc(=O)nc3o2)cc1. The number of nitrogens with two attached hydrogens (primary N) is 1. The molecule has 0 amide bonds. The largest absolute Gasteiger partial charge is 0.497 e. The minimum Gasteiger partial charge on any atom is -0.497 e. The van der Waals surface area contributed by atoms with Gasteiger partial charge in [0, 0.05) is 11.6 Å². The molecule has 0 saturated heterocycles. The summed E-state index contributed by atoms with van der Waals surface area (Å²) < 4.78 is 11.8. The summed E-state index contributed by atoms with van der Waals surface area (Å²) in [5.74, 6) is 1.30. The molecule has 7 nitrogen and oxygen atoms in total. The Morgan fingerprint density at radius 1 is 1.32 bits per heavy atom. The van der Waals surface area contributed by atoms with Crippen molar-refractivity contribution < 1.29 is 9.15 Å². The van der Waals surface area contributed by atoms with Crippen LogP contribution in [0, 0.1) is 0 Å². The third-order valence-corrected chi connectivity index (χ3v) is 2.62. The Balaban J connectivity index is 2.14. The molecule has 7 heteroatoms. The van der Waals surface area contributed by atoms with E-state index in [9.17, 15) is 4.79 Å². The molecule has 0 spiro atoms. The highest BCUT2D eigenvalue weighted by Crippen LogP contribution is 2.22. The molecule has 19 heavy (non-hydrogen) atoms. The summed E-state index contributed by atoms with van der Waals surface area (Å²) in [6, 6.07) is 8.33. The Labute approximate surface area is 107 Å². The van der Waals surface area contributed by atoms with Crippen LogP contribution in [0.3, 0.4) is 0 Å². The number of hydrogen-bond acceptors (Lipinski definition) is 6. The first-order valence-corrected chi connectivity index (χ1v) is 5.48. The fourth-order valence-corrected chi connectivity index (χ4v) is 1.69. The van der Waals surface area contributed by atoms with Gasteiger partial charge in [-0.1, -0.05) is 0 Å². The van der Waals surface area contributed by atoms with E-state index in [1.54, 1.807) is 31.4 Å². The topological polar surface area (TPSA) is 95.7 Å². The average molecular weight is 258 g/mol. The smallest absolute Gasteiger partial charge is 0.330 e. The van der Waals surface area contributed by atoms with Crippen molar-refractivity contribution in [3.63, 3.8) is 0 Å². The lowest BCUT2D eigenvalue weighted by Crippen LogP contribution is -2.10. The van der Waals surface area contributed by atoms with Crippen LogP contribution in [0.4, 0.5) is 5.82 Å². The minimum atomic E-state index is -0.463. The fourth-order valence-electron chi connectivity index (χ4n) is 1.69. The van der Waals surface area contributed by atoms with Crippen molar-refractivity contribution >= 4 is 11.7 Å². The van der Waals surface area contributed by atoms with Gasteiger partial charge in [-0.2, -0.15) is 9.50 Å². The quantitative estimate of drug-likeness (QED) is 0.734. The number of rotatable bonds is 2. The summed E-state index contributed by atoms with van der Waals surface area (Å²) in [5, 5.41) is 4.16. The van der Waals surface area contributed by atoms with E-state index in [1.165, 1.54) is 10.6 Å². The molecule has 0 aliphatic rings. The molecule has 2 N–H and O–H groups in total. The van der Waals surface area contributed by atoms with E-state index in [0.29, 0.717) is 5.89 Å². The van der Waals surface area contributed by atoms with Crippen molar-refractivity contribution in [1.29, 1.82) is 0 Å². The molecular weight excluding hydrogens is 248 g/mol. The van der Waals surface area contributed by atoms with Gasteiger partial charge in [0.15, 0.2) is 0 Å². The summed E-state index contributed by atoms with van der Waals surface area (Å²) in [6.45, 7) is 0. The highest BCUT2D eigenvalue weighted by atomic mass is 16.5. The summed E-state index contributed by atoms with van der Waals surface area (Å²) in [4.78, 5) is 14.9. The van der Waals surface area contributed by atoms with Crippen LogP contribution in [0.1, 0.15) is 0 Å². The third-order valence-electron chi connectivity index (χ3n) is 2.62. The standard InChI is InChI=1S/C12H10N4O3/c1-18-8-4-2-7(3-5-8)11-15-16-9(13)6-10(17)14-12(16)19-11/h2-6H,13H2,1H3. The van der Waals surface area contributed by atoms with E-state index < -0.39 is 5.56 Å². The van der Waals surface area contributed by atoms with E-state index in [2.05, 4.69) is 10.1 Å². The van der Waals surface area contributed by atoms with Crippen LogP contribution in [0.15, 0.2) is 39.5 Å². The highest BCUT2D eigenvalue weighted by Gasteiger charge is 2.11. The molecule has 0 aliphatic carbocycles. The lowest BCUT2D eigenvalue weighted by molar-refractivity contribution is 0.415. The van der Waals surface area contributed by atoms with Crippen LogP contribution < -0.4 is 16.0 Å². The zero-order chi connectivity index (χ0) is 13.4. The second kappa shape index (κ2) is 4.13. The molecule has 2 aromatic heterocycles. The zero-order valence-corrected chi connectivity index (χ0v) is 10.0. The van der Waals surface area contributed by atoms with Crippen LogP contribution >= 0.6 is 0 Å². The predicted octanol–water partition coefficient (Wildman–Crippen LogP) is 0.940. The van der Waals surface area contributed by atoms with Gasteiger partial charge < -0.3 is 14.9 Å². The Hall–Kier alpha value is -2.83. The lowest BCUT2D eigenvalue weighted by Gasteiger charge is -1.98. The van der Waals surface area contributed by atoms with E-state index in [4.69, 9.17) is 14.9 Å². The molecule has 0 atom stereocenters. The number of hydrogen-bond donors (Lipinski definition) is 1. The first kappa shape index (κ1) is 11.3. The van der Waals surface area contributed by atoms with Crippen molar-refractivity contribution in [2.45, 2.75) is 0 Å². The van der Waals surface area contributed by atoms with E-state index in [1.807, 2.05) is 0 Å². The van der Waals surface area contributed by atoms with Crippen molar-refractivity contribution in [2.24, 2.45) is 0 Å². The first-order chi connectivity index (χ1) is 9.17. The molecule has 1 aromatic carbocycles. The molecule has 0 radical (unpaired) electrons. The number of nitrogen functional groups attached to an aromatic ring is 1. The Kier molecular flexibility index (Phi) is 2.45. The molecule has 0 fully saturated rings. The minimum absolute atomic E-state index is 0.0656. The number of fused-ring (bicyclic) bond motifs is 1. The lowest BCUT2D eigenvalue weighted by atomic mass is 10.2. The maximum Gasteiger partial charge on any atom is 0.330 e. The Bertz CT molecular complexity index is 789. The van der Waals surface area contributed by atoms with E-state index >= 15 is 0 Å². The van der Waals surface area contributed by atoms with Crippen LogP contribution in [0.2, 0.25) is 0 Å². The molecule has 2 heterocycles. The Morgan fingerprint density at radius 3 is 2.74 bits per heavy atom. The number of nitrogens with zero attached hydrogens (tertiary/aromatic N) is 3. The summed E-state index contributed by atoms with van der Waals surface area (Å²) in [7, 11) is 1.59. The van der Waals surface area contributed by atoms with Crippen LogP contribution in [-0.4, -0.2) is 21.7 Å². The molecule has 3 rings (SSSR count). The molecule has 96 valence electrons. The third kappa shape index (κ3) is 1.90. The number of aromatic nitrogens is 3. The zero-order valence-electron chi connectivity index (χ0n) is 10.0. The predicted molar refractivity (Wildman–Crippen MR) is 67.9 cm³/mol. The van der Waals surface area contributed by atoms with Gasteiger partial charge >= 0.3 is 5.84 Å². The molecule has 3 aromatic rings. The monoisotopic (exact) mass is 258 g/mol. The van der Waals surface area contributed by atoms with Gasteiger partial charge in [0.25, 0.3) is 5.56 Å². The summed E-state index contributed by atoms with van der Waals surface area (Å²) in [6.07, 6.45) is 0. The van der Waals surface area contributed by atoms with Crippen molar-refractivity contribution in [1.82, 2.24) is 14.6 Å². The first-order valence-electron chi connectivity index (χ1n) is 5.48. The fraction of sp³-hybridized carbons (Fsp3) is 0.0833. The second-order valence-corrected chi connectivity index (χ2v) is 3.85. The molecule has 0 bridgehead atoms. The maximum atomic E-state index is 11.2. The second-order valence-electron chi connectivity index (χ2n) is 3.85. The summed E-state index contributed by atoms with van der Waals surface area (Å²) in [5.41, 5.74) is 5.95. The van der Waals surface area contributed by atoms with E-state index in [0.717, 1.165) is 11.3 Å². The number of ether oxygens (including phenoxy) is 1. The Morgan fingerprint density at radius 2 is 2.05 bits per heavy atom. The van der Waals surface area contributed by atoms with Crippen LogP contribution in [0.5, 0.6) is 5.75 Å². The van der Waals surface area contributed by atoms with E-state index in [-0.39, 0.29) is 11.7 Å². The molecule has 0 saturated carbocycles. The van der Waals surface area contributed by atoms with Crippen molar-refractivity contribution in [2.75, 3.05) is 12.8 Å². The van der Waals surface area contributed by atoms with Crippen molar-refractivity contribution in [3.8, 4) is 17.2 Å². The van der Waals surface area contributed by atoms with Crippen LogP contribution in [-0.2, 0) is 0 Å². The van der Waals surface area contributed by atoms with Gasteiger partial charge in [-0.05, 0) is 24.3 Å². The molecule has 0 aliphatic heterocycles. The number of benzene rings is 1. The maximum absolute atomic E-state index is 11.2. The normalized spacial score (nSPS) is 10.8. The summed E-state index contributed by atoms with van der Waals surface area (Å²) >= 11 is 0. The molecular formula is C12H10N4O3. The van der Waals surface area contributed by atoms with Gasteiger partial charge in [-0.25, -0.2) is 0 Å². The van der Waals surface area contributed by atoms with Crippen LogP contribution in [0.25, 0.3) is 17.3 Å². The van der Waals surface area contributed by atoms with Gasteiger partial charge in [0.2, 0.25) is 5.89 Å². The van der Waals surface area contributed by atoms with Gasteiger partial charge in [-0.15, -0.1) is 5.10 Å². The van der Waals surface area contributed by atoms with Gasteiger partial charge in [0.05, 0.1) is 7.11 Å². The average Bonchev–Trinajstić information content (AvgIpc) is 2.83. The van der Waals surface area contributed by atoms with Gasteiger partial charge in [-0.3, -0.25) is 4.79 Å².